The highest BCUT2D eigenvalue weighted by molar-refractivity contribution is 7.03. The first-order valence-corrected chi connectivity index (χ1v) is 18.8. The molecule has 7 aromatic rings. The van der Waals surface area contributed by atoms with Crippen LogP contribution in [0.15, 0.2) is 146 Å². The van der Waals surface area contributed by atoms with E-state index in [0.717, 1.165) is 0 Å². The van der Waals surface area contributed by atoms with E-state index in [4.69, 9.17) is 0 Å². The topological polar surface area (TPSA) is 3.24 Å². The molecule has 0 aromatic heterocycles. The van der Waals surface area contributed by atoms with Crippen LogP contribution in [-0.2, 0) is 10.8 Å². The van der Waals surface area contributed by atoms with Gasteiger partial charge in [-0.2, -0.15) is 0 Å². The summed E-state index contributed by atoms with van der Waals surface area (Å²) in [5, 5.41) is 0. The van der Waals surface area contributed by atoms with Gasteiger partial charge < -0.3 is 4.90 Å². The molecule has 3 heteroatoms. The van der Waals surface area contributed by atoms with Crippen molar-refractivity contribution in [3.8, 4) is 22.3 Å². The Bertz CT molecular complexity index is 2470. The molecule has 0 saturated carbocycles. The Kier molecular flexibility index (Phi) is 5.96. The van der Waals surface area contributed by atoms with E-state index < -0.39 is 0 Å². The molecule has 1 nitrogen and oxygen atoms in total. The predicted octanol–water partition coefficient (Wildman–Crippen LogP) is 7.74. The molecular formula is C49H39B2N. The van der Waals surface area contributed by atoms with Crippen LogP contribution in [0.4, 0.5) is 17.1 Å². The van der Waals surface area contributed by atoms with Crippen LogP contribution < -0.4 is 37.7 Å². The highest BCUT2D eigenvalue weighted by Gasteiger charge is 2.52. The minimum atomic E-state index is -0.170. The number of rotatable bonds is 2. The molecular weight excluding hydrogens is 624 g/mol. The molecule has 52 heavy (non-hydrogen) atoms. The average molecular weight is 663 g/mol. The minimum Gasteiger partial charge on any atom is -0.312 e. The van der Waals surface area contributed by atoms with Gasteiger partial charge in [-0.25, -0.2) is 0 Å². The molecule has 0 atom stereocenters. The molecule has 11 rings (SSSR count). The molecule has 0 fully saturated rings. The van der Waals surface area contributed by atoms with E-state index in [1.54, 1.807) is 0 Å². The number of fused-ring (bicyclic) bond motifs is 8. The molecule has 0 radical (unpaired) electrons. The standard InChI is InChI=1S/C49H39B2N/c1-30-24-41-47-42(25-30)51-40-23-15-13-21-36(40)49(4,5)38-27-34(32-18-10-7-11-19-32)29-44(46(38)51)52(47)43-28-33(31-16-8-6-9-17-31)26-37-45(43)50(41)39-22-14-12-20-35(39)48(37,2)3/h6-29H,1-5H3. The van der Waals surface area contributed by atoms with Crippen molar-refractivity contribution >= 4 is 63.3 Å². The third-order valence-corrected chi connectivity index (χ3v) is 13.0. The van der Waals surface area contributed by atoms with Crippen LogP contribution in [0.5, 0.6) is 0 Å². The number of hydrogen-bond donors (Lipinski definition) is 0. The Balaban J connectivity index is 1.33. The zero-order valence-corrected chi connectivity index (χ0v) is 30.5. The molecule has 0 spiro atoms. The van der Waals surface area contributed by atoms with Gasteiger partial charge in [0.15, 0.2) is 0 Å². The zero-order valence-electron chi connectivity index (χ0n) is 30.5. The molecule has 0 N–H and O–H groups in total. The van der Waals surface area contributed by atoms with Crippen LogP contribution >= 0.6 is 0 Å². The summed E-state index contributed by atoms with van der Waals surface area (Å²) < 4.78 is 0. The molecule has 7 aromatic carbocycles. The first-order valence-electron chi connectivity index (χ1n) is 18.8. The fraction of sp³-hybridized carbons (Fsp3) is 0.143. The van der Waals surface area contributed by atoms with Crippen molar-refractivity contribution in [1.82, 2.24) is 0 Å². The minimum absolute atomic E-state index is 0.151. The molecule has 0 bridgehead atoms. The van der Waals surface area contributed by atoms with Crippen LogP contribution in [0.1, 0.15) is 55.5 Å². The van der Waals surface area contributed by atoms with Gasteiger partial charge in [0.2, 0.25) is 13.4 Å². The summed E-state index contributed by atoms with van der Waals surface area (Å²) in [6.07, 6.45) is 0. The van der Waals surface area contributed by atoms with Gasteiger partial charge in [-0.1, -0.05) is 178 Å². The van der Waals surface area contributed by atoms with E-state index in [2.05, 4.69) is 185 Å². The van der Waals surface area contributed by atoms with Crippen molar-refractivity contribution in [1.29, 1.82) is 0 Å². The van der Waals surface area contributed by atoms with E-state index in [1.165, 1.54) is 99.9 Å². The van der Waals surface area contributed by atoms with Gasteiger partial charge in [-0.15, -0.1) is 0 Å². The van der Waals surface area contributed by atoms with Crippen LogP contribution in [0.2, 0.25) is 0 Å². The maximum Gasteiger partial charge on any atom is 0.247 e. The summed E-state index contributed by atoms with van der Waals surface area (Å²) in [7, 11) is 0. The lowest BCUT2D eigenvalue weighted by molar-refractivity contribution is 0.645. The average Bonchev–Trinajstić information content (AvgIpc) is 3.17. The van der Waals surface area contributed by atoms with Crippen molar-refractivity contribution in [2.24, 2.45) is 0 Å². The third kappa shape index (κ3) is 3.81. The fourth-order valence-electron chi connectivity index (χ4n) is 10.7. The maximum absolute atomic E-state index is 2.71. The monoisotopic (exact) mass is 663 g/mol. The van der Waals surface area contributed by atoms with Gasteiger partial charge >= 0.3 is 0 Å². The third-order valence-electron chi connectivity index (χ3n) is 13.0. The first-order chi connectivity index (χ1) is 25.2. The Morgan fingerprint density at radius 2 is 0.808 bits per heavy atom. The first kappa shape index (κ1) is 30.1. The molecule has 0 saturated heterocycles. The van der Waals surface area contributed by atoms with Crippen molar-refractivity contribution < 1.29 is 0 Å². The van der Waals surface area contributed by atoms with Gasteiger partial charge in [-0.05, 0) is 85.4 Å². The van der Waals surface area contributed by atoms with Crippen molar-refractivity contribution in [3.63, 3.8) is 0 Å². The van der Waals surface area contributed by atoms with Gasteiger partial charge in [0.05, 0.1) is 0 Å². The Hall–Kier alpha value is -5.53. The molecule has 4 heterocycles. The number of nitrogens with zero attached hydrogens (tertiary/aromatic N) is 1. The highest BCUT2D eigenvalue weighted by atomic mass is 15.2. The van der Waals surface area contributed by atoms with Gasteiger partial charge in [0.1, 0.15) is 0 Å². The predicted molar refractivity (Wildman–Crippen MR) is 223 cm³/mol. The van der Waals surface area contributed by atoms with E-state index >= 15 is 0 Å². The molecule has 0 unspecified atom stereocenters. The highest BCUT2D eigenvalue weighted by Crippen LogP contribution is 2.48. The van der Waals surface area contributed by atoms with Crippen LogP contribution in [-0.4, -0.2) is 13.4 Å². The number of hydrogen-bond acceptors (Lipinski definition) is 1. The number of benzene rings is 7. The van der Waals surface area contributed by atoms with Crippen molar-refractivity contribution in [3.05, 3.63) is 173 Å². The van der Waals surface area contributed by atoms with Gasteiger partial charge in [0, 0.05) is 27.9 Å². The maximum atomic E-state index is 2.71. The van der Waals surface area contributed by atoms with Crippen molar-refractivity contribution in [2.45, 2.75) is 45.4 Å². The SMILES string of the molecule is Cc1cc2c3c(c1)B1c4ccccc4C(C)(C)c4cc(-c5ccccc5)cc(c41)N3c1cc(-c3ccccc3)cc3c1B2c1ccccc1C3(C)C. The summed E-state index contributed by atoms with van der Waals surface area (Å²) in [5.41, 5.74) is 24.5. The molecule has 4 aliphatic heterocycles. The van der Waals surface area contributed by atoms with E-state index in [-0.39, 0.29) is 24.3 Å². The van der Waals surface area contributed by atoms with Crippen LogP contribution in [0.3, 0.4) is 0 Å². The fourth-order valence-corrected chi connectivity index (χ4v) is 10.7. The van der Waals surface area contributed by atoms with Crippen LogP contribution in [0.25, 0.3) is 22.3 Å². The Morgan fingerprint density at radius 1 is 0.404 bits per heavy atom. The van der Waals surface area contributed by atoms with Crippen molar-refractivity contribution in [2.75, 3.05) is 4.90 Å². The van der Waals surface area contributed by atoms with Crippen LogP contribution in [0, 0.1) is 6.92 Å². The quantitative estimate of drug-likeness (QED) is 0.171. The lowest BCUT2D eigenvalue weighted by atomic mass is 9.26. The summed E-state index contributed by atoms with van der Waals surface area (Å²) in [4.78, 5) is 2.71. The van der Waals surface area contributed by atoms with E-state index in [9.17, 15) is 0 Å². The summed E-state index contributed by atoms with van der Waals surface area (Å²) in [6, 6.07) is 55.6. The Labute approximate surface area is 308 Å². The molecule has 4 aliphatic rings. The second-order valence-corrected chi connectivity index (χ2v) is 16.6. The molecule has 246 valence electrons. The second-order valence-electron chi connectivity index (χ2n) is 16.6. The summed E-state index contributed by atoms with van der Waals surface area (Å²) >= 11 is 0. The van der Waals surface area contributed by atoms with E-state index in [0.29, 0.717) is 0 Å². The van der Waals surface area contributed by atoms with Gasteiger partial charge in [0.25, 0.3) is 0 Å². The van der Waals surface area contributed by atoms with Gasteiger partial charge in [-0.3, -0.25) is 0 Å². The molecule has 0 amide bonds. The number of aryl methyl sites for hydroxylation is 1. The normalized spacial score (nSPS) is 16.0. The summed E-state index contributed by atoms with van der Waals surface area (Å²) in [6.45, 7) is 12.4. The smallest absolute Gasteiger partial charge is 0.247 e. The Morgan fingerprint density at radius 3 is 1.25 bits per heavy atom. The summed E-state index contributed by atoms with van der Waals surface area (Å²) in [5.74, 6) is 0. The zero-order chi connectivity index (χ0) is 35.1. The second kappa shape index (κ2) is 10.3. The number of anilines is 3. The largest absolute Gasteiger partial charge is 0.312 e. The lowest BCUT2D eigenvalue weighted by Gasteiger charge is -2.51. The lowest BCUT2D eigenvalue weighted by Crippen LogP contribution is -2.70. The van der Waals surface area contributed by atoms with E-state index in [1.807, 2.05) is 0 Å². The molecule has 0 aliphatic carbocycles.